The maximum absolute atomic E-state index is 5.22. The van der Waals surface area contributed by atoms with Crippen LogP contribution in [0.1, 0.15) is 155 Å². The average Bonchev–Trinajstić information content (AvgIpc) is 3.82. The third kappa shape index (κ3) is 10.7. The van der Waals surface area contributed by atoms with Gasteiger partial charge in [-0.15, -0.1) is 22.7 Å². The Morgan fingerprint density at radius 3 is 1.47 bits per heavy atom. The first kappa shape index (κ1) is 35.7. The van der Waals surface area contributed by atoms with Crippen molar-refractivity contribution in [2.45, 2.75) is 163 Å². The number of hydrogen-bond acceptors (Lipinski definition) is 6. The molecule has 0 aliphatic carbocycles. The van der Waals surface area contributed by atoms with E-state index in [1.807, 2.05) is 15.8 Å². The molecular weight excluding hydrogens is 591 g/mol. The molecule has 5 nitrogen and oxygen atoms in total. The molecule has 3 aromatic heterocycles. The van der Waals surface area contributed by atoms with Crippen LogP contribution in [-0.2, 0) is 19.4 Å². The van der Waals surface area contributed by atoms with Crippen LogP contribution in [0.2, 0.25) is 0 Å². The van der Waals surface area contributed by atoms with Crippen molar-refractivity contribution >= 4 is 33.7 Å². The molecule has 0 radical (unpaired) electrons. The molecule has 0 bridgehead atoms. The van der Waals surface area contributed by atoms with E-state index in [0.29, 0.717) is 5.92 Å². The predicted molar refractivity (Wildman–Crippen MR) is 196 cm³/mol. The molecule has 7 heteroatoms. The van der Waals surface area contributed by atoms with Crippen LogP contribution in [0.25, 0.3) is 31.9 Å². The van der Waals surface area contributed by atoms with Gasteiger partial charge in [0.1, 0.15) is 11.0 Å². The molecule has 0 saturated carbocycles. The highest BCUT2D eigenvalue weighted by Crippen LogP contribution is 2.40. The smallest absolute Gasteiger partial charge is 0.122 e. The summed E-state index contributed by atoms with van der Waals surface area (Å²) in [5, 5.41) is 10.4. The molecular formula is C38H59N5S2. The minimum absolute atomic E-state index is 0.603. The molecule has 0 spiro atoms. The number of hydrogen-bond donors (Lipinski definition) is 0. The summed E-state index contributed by atoms with van der Waals surface area (Å²) in [6.45, 7) is 10.0. The zero-order valence-electron chi connectivity index (χ0n) is 28.8. The van der Waals surface area contributed by atoms with Crippen molar-refractivity contribution in [1.82, 2.24) is 25.0 Å². The highest BCUT2D eigenvalue weighted by molar-refractivity contribution is 7.14. The summed E-state index contributed by atoms with van der Waals surface area (Å²) < 4.78 is 0. The number of aryl methyl sites for hydroxylation is 2. The van der Waals surface area contributed by atoms with Crippen LogP contribution in [0.5, 0.6) is 0 Å². The van der Waals surface area contributed by atoms with Crippen molar-refractivity contribution < 1.29 is 0 Å². The number of thiazole rings is 2. The molecule has 1 unspecified atom stereocenters. The molecule has 4 aromatic rings. The Kier molecular flexibility index (Phi) is 16.0. The Hall–Kier alpha value is -2.12. The first-order valence-corrected chi connectivity index (χ1v) is 20.2. The summed E-state index contributed by atoms with van der Waals surface area (Å²) >= 11 is 3.52. The third-order valence-electron chi connectivity index (χ3n) is 9.35. The summed E-state index contributed by atoms with van der Waals surface area (Å²) in [4.78, 5) is 14.3. The van der Waals surface area contributed by atoms with Gasteiger partial charge in [-0.2, -0.15) is 15.0 Å². The second-order valence-electron chi connectivity index (χ2n) is 13.0. The summed E-state index contributed by atoms with van der Waals surface area (Å²) in [7, 11) is 0. The molecule has 0 amide bonds. The quantitative estimate of drug-likeness (QED) is 0.0709. The zero-order chi connectivity index (χ0) is 31.7. The molecule has 0 N–H and O–H groups in total. The number of nitrogens with zero attached hydrogens (tertiary/aromatic N) is 5. The number of rotatable bonds is 24. The summed E-state index contributed by atoms with van der Waals surface area (Å²) in [6, 6.07) is 4.59. The van der Waals surface area contributed by atoms with Gasteiger partial charge < -0.3 is 0 Å². The first-order chi connectivity index (χ1) is 22.2. The molecule has 4 rings (SSSR count). The summed E-state index contributed by atoms with van der Waals surface area (Å²) in [5.74, 6) is 0.603. The van der Waals surface area contributed by atoms with E-state index in [1.54, 1.807) is 22.7 Å². The Labute approximate surface area is 281 Å². The van der Waals surface area contributed by atoms with Crippen molar-refractivity contribution in [3.63, 3.8) is 0 Å². The second kappa shape index (κ2) is 20.2. The highest BCUT2D eigenvalue weighted by atomic mass is 32.1. The largest absolute Gasteiger partial charge is 0.249 e. The van der Waals surface area contributed by atoms with E-state index in [0.717, 1.165) is 36.8 Å². The van der Waals surface area contributed by atoms with Gasteiger partial charge in [0.15, 0.2) is 0 Å². The van der Waals surface area contributed by atoms with Gasteiger partial charge in [-0.05, 0) is 38.0 Å². The molecule has 0 saturated heterocycles. The van der Waals surface area contributed by atoms with Gasteiger partial charge in [0.25, 0.3) is 0 Å². The van der Waals surface area contributed by atoms with Crippen LogP contribution in [0.4, 0.5) is 0 Å². The van der Waals surface area contributed by atoms with E-state index in [1.165, 1.54) is 141 Å². The van der Waals surface area contributed by atoms with Crippen LogP contribution in [0, 0.1) is 5.92 Å². The molecule has 1 aromatic carbocycles. The number of aromatic nitrogens is 5. The topological polar surface area (TPSA) is 56.5 Å². The van der Waals surface area contributed by atoms with Gasteiger partial charge >= 0.3 is 0 Å². The fourth-order valence-electron chi connectivity index (χ4n) is 6.46. The number of unbranched alkanes of at least 4 members (excludes halogenated alkanes) is 13. The zero-order valence-corrected chi connectivity index (χ0v) is 30.4. The lowest BCUT2D eigenvalue weighted by Gasteiger charge is -2.12. The van der Waals surface area contributed by atoms with Crippen LogP contribution in [0.15, 0.2) is 23.2 Å². The highest BCUT2D eigenvalue weighted by Gasteiger charge is 2.22. The summed E-state index contributed by atoms with van der Waals surface area (Å²) in [6.07, 6.45) is 25.4. The summed E-state index contributed by atoms with van der Waals surface area (Å²) in [5.41, 5.74) is 10.9. The Bertz CT molecular complexity index is 1280. The van der Waals surface area contributed by atoms with Crippen molar-refractivity contribution in [2.24, 2.45) is 5.92 Å². The van der Waals surface area contributed by atoms with Gasteiger partial charge in [0, 0.05) is 11.1 Å². The third-order valence-corrected chi connectivity index (χ3v) is 11.2. The standard InChI is InChI=1S/C38H59N5S2/c1-5-9-12-14-16-18-20-23-33-37(44-28-39-33)31-25-26-32(36-35(31)41-43(42-36)27-30(8-4)22-11-7-3)38-34(40-29-45-38)24-21-19-17-15-13-10-6-2/h25-26,28-30H,5-24,27H2,1-4H3. The lowest BCUT2D eigenvalue weighted by atomic mass is 10.00. The van der Waals surface area contributed by atoms with Crippen molar-refractivity contribution in [2.75, 3.05) is 0 Å². The average molecular weight is 650 g/mol. The van der Waals surface area contributed by atoms with Gasteiger partial charge in [0.2, 0.25) is 0 Å². The SMILES string of the molecule is CCCCCCCCCc1ncsc1-c1ccc(-c2scnc2CCCCCCCCC)c2nn(CC(CC)CCCC)nc12. The fourth-order valence-corrected chi connectivity index (χ4v) is 8.20. The van der Waals surface area contributed by atoms with Crippen LogP contribution in [-0.4, -0.2) is 25.0 Å². The van der Waals surface area contributed by atoms with Crippen molar-refractivity contribution in [1.29, 1.82) is 0 Å². The Balaban J connectivity index is 1.57. The van der Waals surface area contributed by atoms with E-state index in [9.17, 15) is 0 Å². The Morgan fingerprint density at radius 1 is 0.578 bits per heavy atom. The maximum atomic E-state index is 5.22. The predicted octanol–water partition coefficient (Wildman–Crippen LogP) is 12.5. The second-order valence-corrected chi connectivity index (χ2v) is 14.7. The molecule has 0 fully saturated rings. The lowest BCUT2D eigenvalue weighted by molar-refractivity contribution is 0.351. The van der Waals surface area contributed by atoms with Crippen LogP contribution in [0.3, 0.4) is 0 Å². The van der Waals surface area contributed by atoms with Crippen LogP contribution < -0.4 is 0 Å². The Morgan fingerprint density at radius 2 is 1.02 bits per heavy atom. The minimum Gasteiger partial charge on any atom is -0.249 e. The van der Waals surface area contributed by atoms with Crippen molar-refractivity contribution in [3.8, 4) is 20.9 Å². The van der Waals surface area contributed by atoms with Gasteiger partial charge in [-0.25, -0.2) is 9.97 Å². The van der Waals surface area contributed by atoms with E-state index in [-0.39, 0.29) is 0 Å². The molecule has 248 valence electrons. The fraction of sp³-hybridized carbons (Fsp3) is 0.684. The maximum Gasteiger partial charge on any atom is 0.122 e. The number of fused-ring (bicyclic) bond motifs is 1. The van der Waals surface area contributed by atoms with Gasteiger partial charge in [-0.3, -0.25) is 0 Å². The van der Waals surface area contributed by atoms with Crippen LogP contribution >= 0.6 is 22.7 Å². The minimum atomic E-state index is 0.603. The molecule has 45 heavy (non-hydrogen) atoms. The van der Waals surface area contributed by atoms with Gasteiger partial charge in [-0.1, -0.05) is 136 Å². The molecule has 1 atom stereocenters. The number of benzene rings is 1. The van der Waals surface area contributed by atoms with E-state index in [4.69, 9.17) is 20.2 Å². The molecule has 3 heterocycles. The lowest BCUT2D eigenvalue weighted by Crippen LogP contribution is -2.12. The van der Waals surface area contributed by atoms with Crippen molar-refractivity contribution in [3.05, 3.63) is 34.5 Å². The van der Waals surface area contributed by atoms with E-state index >= 15 is 0 Å². The van der Waals surface area contributed by atoms with Gasteiger partial charge in [0.05, 0.1) is 38.7 Å². The monoisotopic (exact) mass is 649 g/mol. The van der Waals surface area contributed by atoms with E-state index in [2.05, 4.69) is 39.8 Å². The molecule has 0 aliphatic heterocycles. The first-order valence-electron chi connectivity index (χ1n) is 18.4. The van der Waals surface area contributed by atoms with E-state index < -0.39 is 0 Å². The normalized spacial score (nSPS) is 12.4. The molecule has 0 aliphatic rings.